The predicted octanol–water partition coefficient (Wildman–Crippen LogP) is 5.40. The summed E-state index contributed by atoms with van der Waals surface area (Å²) in [5, 5.41) is 16.4. The van der Waals surface area contributed by atoms with Gasteiger partial charge in [0.15, 0.2) is 5.78 Å². The number of nitrogens with one attached hydrogen (secondary N) is 1. The first-order valence-corrected chi connectivity index (χ1v) is 11.2. The Labute approximate surface area is 183 Å². The summed E-state index contributed by atoms with van der Waals surface area (Å²) in [5.41, 5.74) is 1.65. The van der Waals surface area contributed by atoms with Crippen molar-refractivity contribution in [3.05, 3.63) is 83.7 Å². The van der Waals surface area contributed by atoms with Gasteiger partial charge in [0.05, 0.1) is 6.61 Å². The molecule has 31 heavy (non-hydrogen) atoms. The number of aliphatic hydroxyl groups excluding tert-OH is 1. The van der Waals surface area contributed by atoms with E-state index in [-0.39, 0.29) is 23.6 Å². The maximum atomic E-state index is 13.0. The highest BCUT2D eigenvalue weighted by atomic mass is 19.1. The molecule has 3 aromatic rings. The van der Waals surface area contributed by atoms with E-state index in [1.54, 1.807) is 12.1 Å². The summed E-state index contributed by atoms with van der Waals surface area (Å²) in [6.45, 7) is 0.956. The van der Waals surface area contributed by atoms with E-state index < -0.39 is 0 Å². The fourth-order valence-electron chi connectivity index (χ4n) is 4.91. The average Bonchev–Trinajstić information content (AvgIpc) is 2.82. The normalized spacial score (nSPS) is 21.3. The van der Waals surface area contributed by atoms with Crippen molar-refractivity contribution in [1.29, 1.82) is 0 Å². The minimum absolute atomic E-state index is 0.0562. The quantitative estimate of drug-likeness (QED) is 0.379. The highest BCUT2D eigenvalue weighted by Gasteiger charge is 2.37. The molecule has 0 spiro atoms. The van der Waals surface area contributed by atoms with Crippen LogP contribution in [0.1, 0.15) is 54.4 Å². The Hall–Kier alpha value is -2.56. The zero-order chi connectivity index (χ0) is 21.7. The van der Waals surface area contributed by atoms with Crippen molar-refractivity contribution in [3.8, 4) is 0 Å². The first-order valence-electron chi connectivity index (χ1n) is 11.2. The third kappa shape index (κ3) is 4.86. The van der Waals surface area contributed by atoms with Gasteiger partial charge in [-0.25, -0.2) is 4.39 Å². The summed E-state index contributed by atoms with van der Waals surface area (Å²) >= 11 is 0. The molecule has 0 aliphatic heterocycles. The second-order valence-electron chi connectivity index (χ2n) is 8.73. The number of hydrogen-bond donors (Lipinski definition) is 2. The molecule has 1 aliphatic rings. The van der Waals surface area contributed by atoms with Crippen LogP contribution in [0.3, 0.4) is 0 Å². The molecule has 4 rings (SSSR count). The molecule has 0 amide bonds. The summed E-state index contributed by atoms with van der Waals surface area (Å²) in [6, 6.07) is 21.0. The molecule has 1 saturated carbocycles. The average molecular weight is 420 g/mol. The first-order chi connectivity index (χ1) is 15.1. The summed E-state index contributed by atoms with van der Waals surface area (Å²) < 4.78 is 13.0. The first kappa shape index (κ1) is 21.7. The number of fused-ring (bicyclic) bond motifs is 1. The van der Waals surface area contributed by atoms with Crippen molar-refractivity contribution in [3.63, 3.8) is 0 Å². The van der Waals surface area contributed by atoms with Crippen molar-refractivity contribution in [1.82, 2.24) is 5.32 Å². The Morgan fingerprint density at radius 1 is 1.00 bits per heavy atom. The number of carbonyl (C=O) groups excluding carboxylic acids is 1. The number of carbonyl (C=O) groups is 1. The molecule has 4 heteroatoms. The molecule has 0 saturated heterocycles. The van der Waals surface area contributed by atoms with Gasteiger partial charge in [-0.1, -0.05) is 42.5 Å². The zero-order valence-electron chi connectivity index (χ0n) is 17.8. The smallest absolute Gasteiger partial charge is 0.162 e. The molecule has 162 valence electrons. The molecule has 0 aromatic heterocycles. The minimum atomic E-state index is -0.321. The molecule has 0 atom stereocenters. The van der Waals surface area contributed by atoms with E-state index in [2.05, 4.69) is 47.8 Å². The second kappa shape index (κ2) is 9.71. The third-order valence-corrected chi connectivity index (χ3v) is 6.79. The maximum absolute atomic E-state index is 13.0. The minimum Gasteiger partial charge on any atom is -0.395 e. The van der Waals surface area contributed by atoms with Crippen molar-refractivity contribution in [2.75, 3.05) is 13.2 Å². The van der Waals surface area contributed by atoms with Crippen LogP contribution in [0.4, 0.5) is 4.39 Å². The number of ketones is 1. The Bertz CT molecular complexity index is 1020. The van der Waals surface area contributed by atoms with E-state index in [0.29, 0.717) is 18.0 Å². The zero-order valence-corrected chi connectivity index (χ0v) is 17.8. The fourth-order valence-corrected chi connectivity index (χ4v) is 4.91. The lowest BCUT2D eigenvalue weighted by molar-refractivity contribution is 0.0978. The van der Waals surface area contributed by atoms with Gasteiger partial charge in [0.25, 0.3) is 0 Å². The molecular weight excluding hydrogens is 389 g/mol. The molecule has 0 radical (unpaired) electrons. The Morgan fingerprint density at radius 3 is 2.45 bits per heavy atom. The van der Waals surface area contributed by atoms with E-state index in [1.165, 1.54) is 28.5 Å². The standard InChI is InChI=1S/C27H30FNO2/c28-22-12-10-21(11-13-22)26(31)9-4-18-29-23-14-16-27(19-30,17-15-23)25-8-3-6-20-5-1-2-7-24(20)25/h1-3,5-8,10-13,23,29-30H,4,9,14-19H2. The lowest BCUT2D eigenvalue weighted by Gasteiger charge is -2.40. The maximum Gasteiger partial charge on any atom is 0.162 e. The van der Waals surface area contributed by atoms with Crippen LogP contribution in [0.2, 0.25) is 0 Å². The van der Waals surface area contributed by atoms with Gasteiger partial charge >= 0.3 is 0 Å². The van der Waals surface area contributed by atoms with Gasteiger partial charge in [0.1, 0.15) is 5.82 Å². The van der Waals surface area contributed by atoms with E-state index >= 15 is 0 Å². The summed E-state index contributed by atoms with van der Waals surface area (Å²) in [4.78, 5) is 12.2. The molecule has 1 fully saturated rings. The van der Waals surface area contributed by atoms with Crippen LogP contribution in [-0.2, 0) is 5.41 Å². The highest BCUT2D eigenvalue weighted by molar-refractivity contribution is 5.96. The Balaban J connectivity index is 1.29. The van der Waals surface area contributed by atoms with Crippen LogP contribution < -0.4 is 5.32 Å². The van der Waals surface area contributed by atoms with E-state index in [1.807, 2.05) is 0 Å². The third-order valence-electron chi connectivity index (χ3n) is 6.79. The number of halogens is 1. The van der Waals surface area contributed by atoms with Crippen molar-refractivity contribution >= 4 is 16.6 Å². The van der Waals surface area contributed by atoms with Crippen LogP contribution in [0.15, 0.2) is 66.7 Å². The van der Waals surface area contributed by atoms with E-state index in [0.717, 1.165) is 38.6 Å². The van der Waals surface area contributed by atoms with Gasteiger partial charge in [-0.3, -0.25) is 4.79 Å². The number of hydrogen-bond acceptors (Lipinski definition) is 3. The molecule has 0 heterocycles. The number of benzene rings is 3. The largest absolute Gasteiger partial charge is 0.395 e. The van der Waals surface area contributed by atoms with Gasteiger partial charge in [-0.2, -0.15) is 0 Å². The lowest BCUT2D eigenvalue weighted by atomic mass is 9.67. The molecule has 0 bridgehead atoms. The SMILES string of the molecule is O=C(CCCNC1CCC(CO)(c2cccc3ccccc23)CC1)c1ccc(F)cc1. The van der Waals surface area contributed by atoms with Crippen LogP contribution in [0.25, 0.3) is 10.8 Å². The monoisotopic (exact) mass is 419 g/mol. The van der Waals surface area contributed by atoms with Crippen molar-refractivity contribution in [2.45, 2.75) is 50.0 Å². The van der Waals surface area contributed by atoms with Crippen LogP contribution >= 0.6 is 0 Å². The summed E-state index contributed by atoms with van der Waals surface area (Å²) in [6.07, 6.45) is 5.14. The van der Waals surface area contributed by atoms with Gasteiger partial charge < -0.3 is 10.4 Å². The Kier molecular flexibility index (Phi) is 6.79. The van der Waals surface area contributed by atoms with Crippen LogP contribution in [0, 0.1) is 5.82 Å². The molecule has 1 aliphatic carbocycles. The van der Waals surface area contributed by atoms with Gasteiger partial charge in [-0.15, -0.1) is 0 Å². The fraction of sp³-hybridized carbons (Fsp3) is 0.370. The van der Waals surface area contributed by atoms with Gasteiger partial charge in [0.2, 0.25) is 0 Å². The molecule has 0 unspecified atom stereocenters. The second-order valence-corrected chi connectivity index (χ2v) is 8.73. The molecule has 3 nitrogen and oxygen atoms in total. The van der Waals surface area contributed by atoms with Gasteiger partial charge in [-0.05, 0) is 79.3 Å². The molecule has 3 aromatic carbocycles. The topological polar surface area (TPSA) is 49.3 Å². The highest BCUT2D eigenvalue weighted by Crippen LogP contribution is 2.42. The van der Waals surface area contributed by atoms with Crippen molar-refractivity contribution in [2.24, 2.45) is 0 Å². The molecular formula is C27H30FNO2. The van der Waals surface area contributed by atoms with Crippen molar-refractivity contribution < 1.29 is 14.3 Å². The summed E-state index contributed by atoms with van der Waals surface area (Å²) in [7, 11) is 0. The van der Waals surface area contributed by atoms with Crippen LogP contribution in [-0.4, -0.2) is 30.1 Å². The molecule has 2 N–H and O–H groups in total. The van der Waals surface area contributed by atoms with Crippen LogP contribution in [0.5, 0.6) is 0 Å². The lowest BCUT2D eigenvalue weighted by Crippen LogP contribution is -2.42. The number of rotatable bonds is 8. The number of Topliss-reactive ketones (excluding diaryl/α,β-unsaturated/α-hetero) is 1. The van der Waals surface area contributed by atoms with Gasteiger partial charge in [0, 0.05) is 23.4 Å². The number of aliphatic hydroxyl groups is 1. The summed E-state index contributed by atoms with van der Waals surface area (Å²) in [5.74, 6) is -0.265. The van der Waals surface area contributed by atoms with E-state index in [4.69, 9.17) is 0 Å². The predicted molar refractivity (Wildman–Crippen MR) is 123 cm³/mol. The Morgan fingerprint density at radius 2 is 1.71 bits per heavy atom. The van der Waals surface area contributed by atoms with E-state index in [9.17, 15) is 14.3 Å².